The molecule has 0 aliphatic heterocycles. The van der Waals surface area contributed by atoms with E-state index in [0.29, 0.717) is 22.0 Å². The smallest absolute Gasteiger partial charge is 0.308 e. The van der Waals surface area contributed by atoms with E-state index >= 15 is 0 Å². The summed E-state index contributed by atoms with van der Waals surface area (Å²) in [6.07, 6.45) is 7.79. The maximum atomic E-state index is 12.7. The maximum absolute atomic E-state index is 12.7. The largest absolute Gasteiger partial charge is 0.490 e. The van der Waals surface area contributed by atoms with Gasteiger partial charge >= 0.3 is 5.97 Å². The predicted octanol–water partition coefficient (Wildman–Crippen LogP) is 3.83. The van der Waals surface area contributed by atoms with Crippen molar-refractivity contribution in [3.8, 4) is 11.8 Å². The van der Waals surface area contributed by atoms with Gasteiger partial charge in [-0.25, -0.2) is 0 Å². The van der Waals surface area contributed by atoms with E-state index in [2.05, 4.69) is 15.5 Å². The van der Waals surface area contributed by atoms with Crippen LogP contribution in [-0.2, 0) is 9.53 Å². The number of ether oxygens (including phenoxy) is 2. The van der Waals surface area contributed by atoms with Crippen LogP contribution in [0.5, 0.6) is 5.75 Å². The molecule has 1 aromatic heterocycles. The monoisotopic (exact) mass is 485 g/mol. The number of benzene rings is 1. The van der Waals surface area contributed by atoms with Crippen molar-refractivity contribution in [3.05, 3.63) is 40.7 Å². The van der Waals surface area contributed by atoms with Crippen LogP contribution in [0.3, 0.4) is 0 Å². The highest BCUT2D eigenvalue weighted by molar-refractivity contribution is 6.31. The summed E-state index contributed by atoms with van der Waals surface area (Å²) in [4.78, 5) is 26.0. The number of nitriles is 1. The maximum Gasteiger partial charge on any atom is 0.308 e. The number of carbonyl (C=O) groups excluding carboxylic acids is 2. The standard InChI is InChI=1S/C24H28ClN5O4/c1-33-24(32)15-2-7-18(8-3-15)30-27-14-22(29-30)23(31)28-17-5-10-19(11-6-17)34-20-9-4-16(13-26)21(25)12-20/h4,9,12,14-15,17-19H,2-3,5-8,10-11H2,1H3,(H,28,31). The second-order valence-electron chi connectivity index (χ2n) is 8.90. The molecule has 0 spiro atoms. The summed E-state index contributed by atoms with van der Waals surface area (Å²) >= 11 is 6.08. The van der Waals surface area contributed by atoms with Gasteiger partial charge < -0.3 is 14.8 Å². The highest BCUT2D eigenvalue weighted by atomic mass is 35.5. The molecule has 2 fully saturated rings. The number of rotatable bonds is 6. The lowest BCUT2D eigenvalue weighted by molar-refractivity contribution is -0.146. The van der Waals surface area contributed by atoms with Gasteiger partial charge in [-0.1, -0.05) is 11.6 Å². The van der Waals surface area contributed by atoms with Crippen molar-refractivity contribution < 1.29 is 19.1 Å². The zero-order valence-corrected chi connectivity index (χ0v) is 19.8. The molecule has 1 N–H and O–H groups in total. The Kier molecular flexibility index (Phi) is 7.68. The van der Waals surface area contributed by atoms with E-state index in [9.17, 15) is 9.59 Å². The lowest BCUT2D eigenvalue weighted by Crippen LogP contribution is -2.40. The third-order valence-electron chi connectivity index (χ3n) is 6.67. The van der Waals surface area contributed by atoms with Gasteiger partial charge in [-0.3, -0.25) is 9.59 Å². The molecule has 2 aliphatic carbocycles. The number of carbonyl (C=O) groups is 2. The summed E-state index contributed by atoms with van der Waals surface area (Å²) in [6.45, 7) is 0. The fraction of sp³-hybridized carbons (Fsp3) is 0.542. The van der Waals surface area contributed by atoms with E-state index in [4.69, 9.17) is 26.3 Å². The molecule has 34 heavy (non-hydrogen) atoms. The van der Waals surface area contributed by atoms with Gasteiger partial charge in [-0.15, -0.1) is 5.10 Å². The van der Waals surface area contributed by atoms with Crippen molar-refractivity contribution in [2.45, 2.75) is 69.6 Å². The normalized spacial score (nSPS) is 24.6. The number of amides is 1. The van der Waals surface area contributed by atoms with Crippen molar-refractivity contribution >= 4 is 23.5 Å². The summed E-state index contributed by atoms with van der Waals surface area (Å²) in [5, 5.41) is 21.1. The van der Waals surface area contributed by atoms with Gasteiger partial charge in [0.15, 0.2) is 5.69 Å². The number of hydrogen-bond acceptors (Lipinski definition) is 7. The summed E-state index contributed by atoms with van der Waals surface area (Å²) in [6, 6.07) is 7.25. The first-order chi connectivity index (χ1) is 16.5. The number of hydrogen-bond donors (Lipinski definition) is 1. The number of aromatic nitrogens is 3. The predicted molar refractivity (Wildman–Crippen MR) is 123 cm³/mol. The van der Waals surface area contributed by atoms with Crippen LogP contribution in [0.4, 0.5) is 0 Å². The highest BCUT2D eigenvalue weighted by Gasteiger charge is 2.30. The van der Waals surface area contributed by atoms with E-state index in [1.54, 1.807) is 23.0 Å². The van der Waals surface area contributed by atoms with Gasteiger partial charge in [0, 0.05) is 12.1 Å². The van der Waals surface area contributed by atoms with Gasteiger partial charge in [-0.2, -0.15) is 15.2 Å². The van der Waals surface area contributed by atoms with Crippen LogP contribution in [-0.4, -0.2) is 46.1 Å². The molecule has 2 saturated carbocycles. The Balaban J connectivity index is 1.23. The van der Waals surface area contributed by atoms with Gasteiger partial charge in [0.05, 0.1) is 42.0 Å². The molecule has 0 saturated heterocycles. The fourth-order valence-electron chi connectivity index (χ4n) is 4.70. The lowest BCUT2D eigenvalue weighted by Gasteiger charge is -2.29. The summed E-state index contributed by atoms with van der Waals surface area (Å²) in [5.41, 5.74) is 0.729. The van der Waals surface area contributed by atoms with Gasteiger partial charge in [-0.05, 0) is 63.5 Å². The number of methoxy groups -OCH3 is 1. The van der Waals surface area contributed by atoms with Crippen LogP contribution in [0.2, 0.25) is 5.02 Å². The Morgan fingerprint density at radius 2 is 1.88 bits per heavy atom. The van der Waals surface area contributed by atoms with Crippen molar-refractivity contribution in [2.24, 2.45) is 5.92 Å². The summed E-state index contributed by atoms with van der Waals surface area (Å²) in [5.74, 6) is 0.201. The number of nitrogens with zero attached hydrogens (tertiary/aromatic N) is 4. The molecule has 1 amide bonds. The second-order valence-corrected chi connectivity index (χ2v) is 9.30. The summed E-state index contributed by atoms with van der Waals surface area (Å²) in [7, 11) is 1.42. The Hall–Kier alpha value is -3.12. The number of esters is 1. The van der Waals surface area contributed by atoms with Gasteiger partial charge in [0.25, 0.3) is 5.91 Å². The SMILES string of the molecule is COC(=O)C1CCC(n2ncc(C(=O)NC3CCC(Oc4ccc(C#N)c(Cl)c4)CC3)n2)CC1. The van der Waals surface area contributed by atoms with Crippen molar-refractivity contribution in [1.29, 1.82) is 5.26 Å². The van der Waals surface area contributed by atoms with Crippen LogP contribution < -0.4 is 10.1 Å². The molecule has 0 radical (unpaired) electrons. The molecule has 0 unspecified atom stereocenters. The van der Waals surface area contributed by atoms with Crippen LogP contribution >= 0.6 is 11.6 Å². The average Bonchev–Trinajstić information content (AvgIpc) is 3.36. The first kappa shape index (κ1) is 24.0. The third-order valence-corrected chi connectivity index (χ3v) is 6.98. The molecule has 1 aromatic carbocycles. The summed E-state index contributed by atoms with van der Waals surface area (Å²) < 4.78 is 10.8. The van der Waals surface area contributed by atoms with Gasteiger partial charge in [0.2, 0.25) is 0 Å². The Morgan fingerprint density at radius 3 is 2.53 bits per heavy atom. The van der Waals surface area contributed by atoms with E-state index in [1.165, 1.54) is 13.3 Å². The molecule has 0 bridgehead atoms. The molecule has 2 aliphatic rings. The van der Waals surface area contributed by atoms with Gasteiger partial charge in [0.1, 0.15) is 11.8 Å². The van der Waals surface area contributed by atoms with Crippen molar-refractivity contribution in [3.63, 3.8) is 0 Å². The van der Waals surface area contributed by atoms with Crippen LogP contribution in [0.1, 0.15) is 73.5 Å². The topological polar surface area (TPSA) is 119 Å². The van der Waals surface area contributed by atoms with Crippen LogP contribution in [0.15, 0.2) is 24.4 Å². The lowest BCUT2D eigenvalue weighted by atomic mass is 9.86. The molecular weight excluding hydrogens is 458 g/mol. The quantitative estimate of drug-likeness (QED) is 0.617. The Bertz CT molecular complexity index is 1070. The minimum atomic E-state index is -0.224. The molecule has 180 valence electrons. The molecule has 2 aromatic rings. The minimum absolute atomic E-state index is 0.0400. The molecule has 10 heteroatoms. The average molecular weight is 486 g/mol. The molecule has 1 heterocycles. The van der Waals surface area contributed by atoms with E-state index < -0.39 is 0 Å². The van der Waals surface area contributed by atoms with Crippen LogP contribution in [0, 0.1) is 17.2 Å². The zero-order valence-electron chi connectivity index (χ0n) is 19.1. The molecule has 9 nitrogen and oxygen atoms in total. The first-order valence-electron chi connectivity index (χ1n) is 11.6. The van der Waals surface area contributed by atoms with Crippen molar-refractivity contribution in [1.82, 2.24) is 20.3 Å². The molecular formula is C24H28ClN5O4. The molecule has 4 rings (SSSR count). The second kappa shape index (κ2) is 10.9. The first-order valence-corrected chi connectivity index (χ1v) is 12.0. The Morgan fingerprint density at radius 1 is 1.15 bits per heavy atom. The van der Waals surface area contributed by atoms with E-state index in [1.807, 2.05) is 6.07 Å². The number of nitrogens with one attached hydrogen (secondary N) is 1. The number of halogens is 1. The zero-order chi connectivity index (χ0) is 24.1. The highest BCUT2D eigenvalue weighted by Crippen LogP contribution is 2.32. The minimum Gasteiger partial charge on any atom is -0.490 e. The van der Waals surface area contributed by atoms with Crippen LogP contribution in [0.25, 0.3) is 0 Å². The third kappa shape index (κ3) is 5.68. The Labute approximate surface area is 203 Å². The molecule has 0 atom stereocenters. The van der Waals surface area contributed by atoms with E-state index in [-0.39, 0.29) is 36.0 Å². The van der Waals surface area contributed by atoms with Crippen molar-refractivity contribution in [2.75, 3.05) is 7.11 Å². The fourth-order valence-corrected chi connectivity index (χ4v) is 4.91. The van der Waals surface area contributed by atoms with E-state index in [0.717, 1.165) is 51.4 Å².